The summed E-state index contributed by atoms with van der Waals surface area (Å²) >= 11 is 0. The van der Waals surface area contributed by atoms with Crippen molar-refractivity contribution in [1.29, 1.82) is 0 Å². The number of hydrogen-bond donors (Lipinski definition) is 0. The lowest BCUT2D eigenvalue weighted by Crippen LogP contribution is -2.22. The van der Waals surface area contributed by atoms with Crippen LogP contribution in [0.4, 0.5) is 0 Å². The number of aromatic nitrogens is 1. The summed E-state index contributed by atoms with van der Waals surface area (Å²) in [5, 5.41) is 12.2. The highest BCUT2D eigenvalue weighted by molar-refractivity contribution is 6.03. The number of rotatable bonds is 4. The van der Waals surface area contributed by atoms with Crippen molar-refractivity contribution in [1.82, 2.24) is 4.98 Å². The molecule has 24 heavy (non-hydrogen) atoms. The van der Waals surface area contributed by atoms with Crippen LogP contribution in [0.3, 0.4) is 0 Å². The molecule has 0 aliphatic carbocycles. The Bertz CT molecular complexity index is 896. The Labute approximate surface area is 142 Å². The number of para-hydroxylation sites is 1. The summed E-state index contributed by atoms with van der Waals surface area (Å²) in [4.78, 5) is 16.2. The number of nitrogens with zero attached hydrogens (tertiary/aromatic N) is 1. The average Bonchev–Trinajstić information content (AvgIpc) is 2.54. The molecule has 2 aromatic carbocycles. The zero-order valence-corrected chi connectivity index (χ0v) is 14.2. The van der Waals surface area contributed by atoms with Crippen molar-refractivity contribution in [3.05, 3.63) is 65.2 Å². The monoisotopic (exact) mass is 318 g/mol. The molecule has 3 heteroatoms. The van der Waals surface area contributed by atoms with E-state index in [2.05, 4.69) is 31.0 Å². The van der Waals surface area contributed by atoms with Crippen molar-refractivity contribution in [2.24, 2.45) is 5.92 Å². The van der Waals surface area contributed by atoms with Crippen LogP contribution >= 0.6 is 0 Å². The third-order valence-electron chi connectivity index (χ3n) is 4.15. The van der Waals surface area contributed by atoms with Crippen molar-refractivity contribution >= 4 is 16.9 Å². The van der Waals surface area contributed by atoms with E-state index >= 15 is 0 Å². The lowest BCUT2D eigenvalue weighted by atomic mass is 9.99. The summed E-state index contributed by atoms with van der Waals surface area (Å²) in [6, 6.07) is 15.3. The van der Waals surface area contributed by atoms with Crippen LogP contribution in [0.25, 0.3) is 22.2 Å². The van der Waals surface area contributed by atoms with Gasteiger partial charge in [0.25, 0.3) is 0 Å². The maximum atomic E-state index is 11.5. The molecule has 1 heterocycles. The molecule has 0 N–H and O–H groups in total. The van der Waals surface area contributed by atoms with Crippen LogP contribution in [0.5, 0.6) is 0 Å². The maximum absolute atomic E-state index is 11.5. The van der Waals surface area contributed by atoms with E-state index in [0.29, 0.717) is 22.5 Å². The first-order valence-electron chi connectivity index (χ1n) is 8.16. The number of hydrogen-bond acceptors (Lipinski definition) is 3. The molecule has 0 aliphatic heterocycles. The van der Waals surface area contributed by atoms with E-state index in [4.69, 9.17) is 0 Å². The van der Waals surface area contributed by atoms with Crippen molar-refractivity contribution in [3.63, 3.8) is 0 Å². The van der Waals surface area contributed by atoms with Gasteiger partial charge in [-0.15, -0.1) is 0 Å². The van der Waals surface area contributed by atoms with Crippen molar-refractivity contribution in [2.45, 2.75) is 27.2 Å². The van der Waals surface area contributed by atoms with E-state index in [0.717, 1.165) is 17.5 Å². The predicted octanol–water partition coefficient (Wildman–Crippen LogP) is 3.77. The minimum atomic E-state index is -1.18. The Morgan fingerprint density at radius 1 is 1.12 bits per heavy atom. The average molecular weight is 318 g/mol. The van der Waals surface area contributed by atoms with Crippen molar-refractivity contribution in [2.75, 3.05) is 0 Å². The highest BCUT2D eigenvalue weighted by Crippen LogP contribution is 2.27. The SMILES string of the molecule is Cc1cccc2c(C(=O)[O-])cc(-c3ccc(CC(C)C)cc3)nc12. The van der Waals surface area contributed by atoms with Gasteiger partial charge < -0.3 is 9.90 Å². The van der Waals surface area contributed by atoms with Gasteiger partial charge >= 0.3 is 0 Å². The smallest absolute Gasteiger partial charge is 0.0745 e. The van der Waals surface area contributed by atoms with E-state index in [9.17, 15) is 9.90 Å². The van der Waals surface area contributed by atoms with Crippen molar-refractivity contribution < 1.29 is 9.90 Å². The number of carboxylic acid groups (broad SMARTS) is 1. The van der Waals surface area contributed by atoms with Crippen LogP contribution in [0.1, 0.15) is 35.3 Å². The summed E-state index contributed by atoms with van der Waals surface area (Å²) in [5.74, 6) is -0.576. The second-order valence-electron chi connectivity index (χ2n) is 6.61. The van der Waals surface area contributed by atoms with Gasteiger partial charge in [-0.25, -0.2) is 4.98 Å². The molecule has 3 nitrogen and oxygen atoms in total. The number of benzene rings is 2. The summed E-state index contributed by atoms with van der Waals surface area (Å²) < 4.78 is 0. The van der Waals surface area contributed by atoms with Gasteiger partial charge in [-0.3, -0.25) is 0 Å². The molecule has 0 radical (unpaired) electrons. The lowest BCUT2D eigenvalue weighted by molar-refractivity contribution is -0.254. The number of fused-ring (bicyclic) bond motifs is 1. The van der Waals surface area contributed by atoms with E-state index in [-0.39, 0.29) is 5.56 Å². The fourth-order valence-electron chi connectivity index (χ4n) is 2.99. The van der Waals surface area contributed by atoms with E-state index in [1.807, 2.05) is 31.2 Å². The Balaban J connectivity index is 2.12. The fraction of sp³-hybridized carbons (Fsp3) is 0.238. The van der Waals surface area contributed by atoms with E-state index in [1.54, 1.807) is 12.1 Å². The van der Waals surface area contributed by atoms with Gasteiger partial charge in [-0.2, -0.15) is 0 Å². The van der Waals surface area contributed by atoms with Gasteiger partial charge in [0.05, 0.1) is 17.2 Å². The largest absolute Gasteiger partial charge is 0.545 e. The molecule has 0 unspecified atom stereocenters. The lowest BCUT2D eigenvalue weighted by Gasteiger charge is -2.12. The maximum Gasteiger partial charge on any atom is 0.0745 e. The molecule has 0 saturated heterocycles. The molecule has 0 aliphatic rings. The number of aromatic carboxylic acids is 1. The Morgan fingerprint density at radius 2 is 1.83 bits per heavy atom. The van der Waals surface area contributed by atoms with Gasteiger partial charge in [-0.1, -0.05) is 56.3 Å². The molecular weight excluding hydrogens is 298 g/mol. The van der Waals surface area contributed by atoms with Crippen LogP contribution < -0.4 is 5.11 Å². The molecular formula is C21H20NO2-. The second kappa shape index (κ2) is 6.44. The molecule has 0 saturated carbocycles. The van der Waals surface area contributed by atoms with Crippen LogP contribution in [0, 0.1) is 12.8 Å². The van der Waals surface area contributed by atoms with E-state index in [1.165, 1.54) is 5.56 Å². The second-order valence-corrected chi connectivity index (χ2v) is 6.61. The Hall–Kier alpha value is -2.68. The summed E-state index contributed by atoms with van der Waals surface area (Å²) in [5.41, 5.74) is 4.69. The third kappa shape index (κ3) is 3.16. The molecule has 0 spiro atoms. The fourth-order valence-corrected chi connectivity index (χ4v) is 2.99. The topological polar surface area (TPSA) is 53.0 Å². The highest BCUT2D eigenvalue weighted by Gasteiger charge is 2.10. The minimum Gasteiger partial charge on any atom is -0.545 e. The number of pyridine rings is 1. The van der Waals surface area contributed by atoms with Gasteiger partial charge in [0.15, 0.2) is 0 Å². The van der Waals surface area contributed by atoms with Crippen molar-refractivity contribution in [3.8, 4) is 11.3 Å². The normalized spacial score (nSPS) is 11.2. The first-order valence-corrected chi connectivity index (χ1v) is 8.16. The number of aryl methyl sites for hydroxylation is 1. The molecule has 3 rings (SSSR count). The Kier molecular flexibility index (Phi) is 4.34. The van der Waals surface area contributed by atoms with Gasteiger partial charge in [-0.05, 0) is 36.5 Å². The molecule has 0 bridgehead atoms. The quantitative estimate of drug-likeness (QED) is 0.736. The summed E-state index contributed by atoms with van der Waals surface area (Å²) in [7, 11) is 0. The standard InChI is InChI=1S/C21H21NO2/c1-13(2)11-15-7-9-16(10-8-15)19-12-18(21(23)24)17-6-4-5-14(3)20(17)22-19/h4-10,12-13H,11H2,1-3H3,(H,23,24)/p-1. The summed E-state index contributed by atoms with van der Waals surface area (Å²) in [6.45, 7) is 6.31. The number of carboxylic acids is 1. The first-order chi connectivity index (χ1) is 11.5. The van der Waals surface area contributed by atoms with Crippen LogP contribution in [-0.2, 0) is 6.42 Å². The van der Waals surface area contributed by atoms with Crippen LogP contribution in [0.15, 0.2) is 48.5 Å². The predicted molar refractivity (Wildman–Crippen MR) is 94.8 cm³/mol. The molecule has 3 aromatic rings. The van der Waals surface area contributed by atoms with Crippen LogP contribution in [-0.4, -0.2) is 11.0 Å². The molecule has 0 amide bonds. The molecule has 0 fully saturated rings. The van der Waals surface area contributed by atoms with Crippen LogP contribution in [0.2, 0.25) is 0 Å². The Morgan fingerprint density at radius 3 is 2.46 bits per heavy atom. The van der Waals surface area contributed by atoms with E-state index < -0.39 is 5.97 Å². The minimum absolute atomic E-state index is 0.185. The highest BCUT2D eigenvalue weighted by atomic mass is 16.4. The zero-order valence-electron chi connectivity index (χ0n) is 14.2. The zero-order chi connectivity index (χ0) is 17.3. The third-order valence-corrected chi connectivity index (χ3v) is 4.15. The van der Waals surface area contributed by atoms with Gasteiger partial charge in [0, 0.05) is 16.5 Å². The summed E-state index contributed by atoms with van der Waals surface area (Å²) in [6.07, 6.45) is 1.02. The van der Waals surface area contributed by atoms with Gasteiger partial charge in [0.2, 0.25) is 0 Å². The number of carbonyl (C=O) groups is 1. The molecule has 0 atom stereocenters. The number of carbonyl (C=O) groups excluding carboxylic acids is 1. The molecule has 1 aromatic heterocycles. The molecule has 122 valence electrons. The van der Waals surface area contributed by atoms with Gasteiger partial charge in [0.1, 0.15) is 0 Å². The first kappa shape index (κ1) is 16.2.